The van der Waals surface area contributed by atoms with Gasteiger partial charge >= 0.3 is 11.9 Å². The van der Waals surface area contributed by atoms with Gasteiger partial charge in [-0.25, -0.2) is 0 Å². The topological polar surface area (TPSA) is 89.9 Å². The fraction of sp³-hybridized carbons (Fsp3) is 0.625. The van der Waals surface area contributed by atoms with Crippen LogP contribution in [0.5, 0.6) is 0 Å². The Kier molecular flexibility index (Phi) is 7.81. The van der Waals surface area contributed by atoms with Crippen molar-refractivity contribution in [1.29, 1.82) is 0 Å². The number of hydrogen-bond acceptors (Lipinski definition) is 6. The molecule has 0 spiro atoms. The smallest absolute Gasteiger partial charge is 0.317 e. The van der Waals surface area contributed by atoms with Crippen molar-refractivity contribution in [1.82, 2.24) is 0 Å². The lowest BCUT2D eigenvalue weighted by molar-refractivity contribution is -0.173. The Morgan fingerprint density at radius 1 is 1.03 bits per heavy atom. The maximum atomic E-state index is 13.1. The van der Waals surface area contributed by atoms with E-state index in [4.69, 9.17) is 9.47 Å². The maximum Gasteiger partial charge on any atom is 0.317 e. The van der Waals surface area contributed by atoms with Crippen LogP contribution < -0.4 is 0 Å². The standard InChI is InChI=1S/C24H34O6/c1-14(2)12-29-22(26)20-18(25)11-24(6,28)21(23(27)30-13-15(3)4)19(20)17-9-7-16(5)8-10-17/h7-10,14-15,19-21,28H,11-13H2,1-6H3/t19-,20-,21+,24-/m1/s1. The second-order valence-corrected chi connectivity index (χ2v) is 9.44. The monoisotopic (exact) mass is 418 g/mol. The summed E-state index contributed by atoms with van der Waals surface area (Å²) < 4.78 is 10.8. The molecule has 0 radical (unpaired) electrons. The average Bonchev–Trinajstić information content (AvgIpc) is 2.63. The van der Waals surface area contributed by atoms with Crippen molar-refractivity contribution in [3.05, 3.63) is 35.4 Å². The summed E-state index contributed by atoms with van der Waals surface area (Å²) in [5.74, 6) is -4.54. The molecule has 0 unspecified atom stereocenters. The predicted octanol–water partition coefficient (Wildman–Crippen LogP) is 3.43. The Balaban J connectivity index is 2.51. The molecule has 1 aromatic rings. The molecular formula is C24H34O6. The minimum Gasteiger partial charge on any atom is -0.465 e. The Morgan fingerprint density at radius 2 is 1.53 bits per heavy atom. The minimum absolute atomic E-state index is 0.111. The Hall–Kier alpha value is -2.21. The van der Waals surface area contributed by atoms with Crippen LogP contribution >= 0.6 is 0 Å². The molecule has 4 atom stereocenters. The third-order valence-electron chi connectivity index (χ3n) is 5.36. The number of rotatable bonds is 7. The molecule has 0 aliphatic heterocycles. The first-order chi connectivity index (χ1) is 13.9. The third-order valence-corrected chi connectivity index (χ3v) is 5.36. The molecule has 2 rings (SSSR count). The molecule has 30 heavy (non-hydrogen) atoms. The number of hydrogen-bond donors (Lipinski definition) is 1. The molecule has 1 aromatic carbocycles. The fourth-order valence-corrected chi connectivity index (χ4v) is 3.88. The number of aliphatic hydroxyl groups is 1. The van der Waals surface area contributed by atoms with Gasteiger partial charge in [0.25, 0.3) is 0 Å². The van der Waals surface area contributed by atoms with Crippen LogP contribution in [0.25, 0.3) is 0 Å². The van der Waals surface area contributed by atoms with E-state index in [1.807, 2.05) is 46.8 Å². The lowest BCUT2D eigenvalue weighted by Crippen LogP contribution is -2.55. The second kappa shape index (κ2) is 9.73. The van der Waals surface area contributed by atoms with E-state index in [-0.39, 0.29) is 31.5 Å². The summed E-state index contributed by atoms with van der Waals surface area (Å²) in [6.45, 7) is 11.4. The van der Waals surface area contributed by atoms with E-state index in [9.17, 15) is 19.5 Å². The SMILES string of the molecule is Cc1ccc([C@@H]2[C@H](C(=O)OCC(C)C)C(=O)C[C@@](C)(O)[C@@H]2C(=O)OCC(C)C)cc1. The molecule has 1 N–H and O–H groups in total. The quantitative estimate of drug-likeness (QED) is 0.539. The molecule has 1 fully saturated rings. The molecule has 0 amide bonds. The number of benzene rings is 1. The van der Waals surface area contributed by atoms with Gasteiger partial charge in [0.05, 0.1) is 24.7 Å². The number of aryl methyl sites for hydroxylation is 1. The summed E-state index contributed by atoms with van der Waals surface area (Å²) >= 11 is 0. The number of Topliss-reactive ketones (excluding diaryl/α,β-unsaturated/α-hetero) is 1. The Bertz CT molecular complexity index is 762. The van der Waals surface area contributed by atoms with Crippen molar-refractivity contribution in [2.75, 3.05) is 13.2 Å². The number of ketones is 1. The van der Waals surface area contributed by atoms with E-state index in [0.29, 0.717) is 5.56 Å². The molecule has 0 bridgehead atoms. The van der Waals surface area contributed by atoms with Gasteiger partial charge in [-0.3, -0.25) is 14.4 Å². The van der Waals surface area contributed by atoms with Crippen molar-refractivity contribution in [2.24, 2.45) is 23.7 Å². The molecule has 0 saturated heterocycles. The first kappa shape index (κ1) is 24.1. The van der Waals surface area contributed by atoms with Crippen LogP contribution in [0, 0.1) is 30.6 Å². The second-order valence-electron chi connectivity index (χ2n) is 9.44. The normalized spacial score (nSPS) is 26.7. The Morgan fingerprint density at radius 3 is 2.03 bits per heavy atom. The van der Waals surface area contributed by atoms with Gasteiger partial charge in [0.1, 0.15) is 5.92 Å². The molecule has 0 aromatic heterocycles. The highest BCUT2D eigenvalue weighted by molar-refractivity contribution is 6.02. The lowest BCUT2D eigenvalue weighted by atomic mass is 9.61. The van der Waals surface area contributed by atoms with E-state index in [1.54, 1.807) is 12.1 Å². The molecule has 1 saturated carbocycles. The minimum atomic E-state index is -1.63. The first-order valence-corrected chi connectivity index (χ1v) is 10.6. The third kappa shape index (κ3) is 5.69. The molecule has 1 aliphatic carbocycles. The van der Waals surface area contributed by atoms with Gasteiger partial charge in [-0.2, -0.15) is 0 Å². The predicted molar refractivity (Wildman–Crippen MR) is 113 cm³/mol. The van der Waals surface area contributed by atoms with E-state index in [2.05, 4.69) is 0 Å². The summed E-state index contributed by atoms with van der Waals surface area (Å²) in [5, 5.41) is 11.1. The average molecular weight is 419 g/mol. The maximum absolute atomic E-state index is 13.1. The first-order valence-electron chi connectivity index (χ1n) is 10.6. The van der Waals surface area contributed by atoms with Gasteiger partial charge in [-0.05, 0) is 31.2 Å². The van der Waals surface area contributed by atoms with Crippen LogP contribution in [-0.2, 0) is 23.9 Å². The Labute approximate surface area is 179 Å². The van der Waals surface area contributed by atoms with E-state index in [0.717, 1.165) is 5.56 Å². The van der Waals surface area contributed by atoms with Crippen LogP contribution in [0.2, 0.25) is 0 Å². The van der Waals surface area contributed by atoms with E-state index < -0.39 is 41.1 Å². The van der Waals surface area contributed by atoms with Crippen molar-refractivity contribution >= 4 is 17.7 Å². The molecule has 6 nitrogen and oxygen atoms in total. The van der Waals surface area contributed by atoms with Crippen molar-refractivity contribution in [2.45, 2.75) is 59.5 Å². The van der Waals surface area contributed by atoms with Crippen LogP contribution in [0.3, 0.4) is 0 Å². The number of esters is 2. The highest BCUT2D eigenvalue weighted by atomic mass is 16.5. The van der Waals surface area contributed by atoms with Crippen LogP contribution in [0.1, 0.15) is 58.1 Å². The van der Waals surface area contributed by atoms with Crippen molar-refractivity contribution in [3.63, 3.8) is 0 Å². The van der Waals surface area contributed by atoms with Gasteiger partial charge in [-0.1, -0.05) is 57.5 Å². The summed E-state index contributed by atoms with van der Waals surface area (Å²) in [7, 11) is 0. The number of carbonyl (C=O) groups excluding carboxylic acids is 3. The summed E-state index contributed by atoms with van der Waals surface area (Å²) in [4.78, 5) is 39.0. The van der Waals surface area contributed by atoms with Crippen LogP contribution in [0.15, 0.2) is 24.3 Å². The van der Waals surface area contributed by atoms with E-state index >= 15 is 0 Å². The van der Waals surface area contributed by atoms with Gasteiger partial charge in [0.15, 0.2) is 5.78 Å². The fourth-order valence-electron chi connectivity index (χ4n) is 3.88. The van der Waals surface area contributed by atoms with Gasteiger partial charge < -0.3 is 14.6 Å². The molecule has 166 valence electrons. The van der Waals surface area contributed by atoms with Crippen LogP contribution in [-0.4, -0.2) is 41.6 Å². The van der Waals surface area contributed by atoms with E-state index in [1.165, 1.54) is 6.92 Å². The van der Waals surface area contributed by atoms with Crippen molar-refractivity contribution < 1.29 is 29.0 Å². The van der Waals surface area contributed by atoms with Gasteiger partial charge in [0.2, 0.25) is 0 Å². The van der Waals surface area contributed by atoms with Gasteiger partial charge in [0, 0.05) is 12.3 Å². The molecule has 0 heterocycles. The largest absolute Gasteiger partial charge is 0.465 e. The highest BCUT2D eigenvalue weighted by Gasteiger charge is 2.57. The zero-order valence-electron chi connectivity index (χ0n) is 18.8. The summed E-state index contributed by atoms with van der Waals surface area (Å²) in [5.41, 5.74) is 0.00708. The number of carbonyl (C=O) groups is 3. The van der Waals surface area contributed by atoms with Crippen LogP contribution in [0.4, 0.5) is 0 Å². The number of ether oxygens (including phenoxy) is 2. The molecular weight excluding hydrogens is 384 g/mol. The summed E-state index contributed by atoms with van der Waals surface area (Å²) in [6.07, 6.45) is -0.307. The van der Waals surface area contributed by atoms with Crippen molar-refractivity contribution in [3.8, 4) is 0 Å². The lowest BCUT2D eigenvalue weighted by Gasteiger charge is -2.43. The zero-order chi connectivity index (χ0) is 22.6. The zero-order valence-corrected chi connectivity index (χ0v) is 18.8. The molecule has 6 heteroatoms. The molecule has 1 aliphatic rings. The van der Waals surface area contributed by atoms with Gasteiger partial charge in [-0.15, -0.1) is 0 Å². The summed E-state index contributed by atoms with van der Waals surface area (Å²) in [6, 6.07) is 7.30. The highest BCUT2D eigenvalue weighted by Crippen LogP contribution is 2.46.